The Kier molecular flexibility index (Phi) is 5.84. The molecule has 0 saturated carbocycles. The molecule has 0 saturated heterocycles. The van der Waals surface area contributed by atoms with Crippen LogP contribution >= 0.6 is 0 Å². The summed E-state index contributed by atoms with van der Waals surface area (Å²) in [6, 6.07) is 15.8. The molecule has 28 heavy (non-hydrogen) atoms. The SMILES string of the molecule is Cc1ccc(/C(CN2Cc3ccccc3C[C@@H]2C(=O)NC(C)(C)C)=N/O)cc1. The number of aryl methyl sites for hydroxylation is 1. The first kappa shape index (κ1) is 20.1. The smallest absolute Gasteiger partial charge is 0.238 e. The quantitative estimate of drug-likeness (QED) is 0.485. The average Bonchev–Trinajstić information content (AvgIpc) is 2.65. The molecule has 5 nitrogen and oxygen atoms in total. The van der Waals surface area contributed by atoms with Gasteiger partial charge in [0, 0.05) is 24.2 Å². The Balaban J connectivity index is 1.88. The third kappa shape index (κ3) is 4.78. The van der Waals surface area contributed by atoms with E-state index in [4.69, 9.17) is 0 Å². The Hall–Kier alpha value is -2.66. The van der Waals surface area contributed by atoms with Crippen molar-refractivity contribution in [3.8, 4) is 0 Å². The fourth-order valence-corrected chi connectivity index (χ4v) is 3.57. The number of amides is 1. The molecule has 1 amide bonds. The Morgan fingerprint density at radius 2 is 1.79 bits per heavy atom. The van der Waals surface area contributed by atoms with E-state index in [2.05, 4.69) is 27.5 Å². The predicted octanol–water partition coefficient (Wildman–Crippen LogP) is 3.51. The molecule has 2 N–H and O–H groups in total. The molecule has 2 aromatic rings. The summed E-state index contributed by atoms with van der Waals surface area (Å²) in [4.78, 5) is 15.1. The second kappa shape index (κ2) is 8.15. The standard InChI is InChI=1S/C23H29N3O2/c1-16-9-11-17(12-10-16)20(25-28)15-26-14-19-8-6-5-7-18(19)13-21(26)22(27)24-23(2,3)4/h5-12,21,28H,13-15H2,1-4H3,(H,24,27)/b25-20+/t21-/m1/s1. The lowest BCUT2D eigenvalue weighted by Gasteiger charge is -2.37. The average molecular weight is 380 g/mol. The zero-order valence-electron chi connectivity index (χ0n) is 17.1. The highest BCUT2D eigenvalue weighted by atomic mass is 16.4. The molecule has 0 spiro atoms. The predicted molar refractivity (Wildman–Crippen MR) is 112 cm³/mol. The van der Waals surface area contributed by atoms with E-state index in [0.29, 0.717) is 25.2 Å². The monoisotopic (exact) mass is 379 g/mol. The van der Waals surface area contributed by atoms with Crippen molar-refractivity contribution in [3.05, 3.63) is 70.8 Å². The summed E-state index contributed by atoms with van der Waals surface area (Å²) in [5.41, 5.74) is 4.68. The minimum Gasteiger partial charge on any atom is -0.411 e. The number of hydrogen-bond donors (Lipinski definition) is 2. The van der Waals surface area contributed by atoms with Gasteiger partial charge in [0.2, 0.25) is 5.91 Å². The first-order chi connectivity index (χ1) is 13.3. The highest BCUT2D eigenvalue weighted by Crippen LogP contribution is 2.24. The molecular formula is C23H29N3O2. The lowest BCUT2D eigenvalue weighted by atomic mass is 9.92. The maximum atomic E-state index is 13.0. The summed E-state index contributed by atoms with van der Waals surface area (Å²) in [6.45, 7) is 9.02. The largest absolute Gasteiger partial charge is 0.411 e. The minimum absolute atomic E-state index is 0.00296. The number of hydrogen-bond acceptors (Lipinski definition) is 4. The van der Waals surface area contributed by atoms with Crippen molar-refractivity contribution in [1.82, 2.24) is 10.2 Å². The van der Waals surface area contributed by atoms with E-state index >= 15 is 0 Å². The van der Waals surface area contributed by atoms with E-state index < -0.39 is 0 Å². The molecule has 5 heteroatoms. The Morgan fingerprint density at radius 1 is 1.14 bits per heavy atom. The second-order valence-corrected chi connectivity index (χ2v) is 8.55. The van der Waals surface area contributed by atoms with Gasteiger partial charge in [0.1, 0.15) is 5.71 Å². The van der Waals surface area contributed by atoms with Gasteiger partial charge >= 0.3 is 0 Å². The normalized spacial score (nSPS) is 17.9. The molecule has 1 heterocycles. The van der Waals surface area contributed by atoms with Crippen LogP contribution in [0.3, 0.4) is 0 Å². The molecule has 1 aliphatic heterocycles. The van der Waals surface area contributed by atoms with Crippen molar-refractivity contribution < 1.29 is 10.0 Å². The molecular weight excluding hydrogens is 350 g/mol. The lowest BCUT2D eigenvalue weighted by molar-refractivity contribution is -0.128. The highest BCUT2D eigenvalue weighted by molar-refractivity contribution is 6.02. The Labute approximate surface area is 167 Å². The van der Waals surface area contributed by atoms with Crippen LogP contribution in [-0.4, -0.2) is 39.9 Å². The summed E-state index contributed by atoms with van der Waals surface area (Å²) in [7, 11) is 0. The molecule has 0 fully saturated rings. The van der Waals surface area contributed by atoms with E-state index in [1.165, 1.54) is 11.1 Å². The third-order valence-corrected chi connectivity index (χ3v) is 5.01. The third-order valence-electron chi connectivity index (χ3n) is 5.01. The molecule has 1 atom stereocenters. The maximum absolute atomic E-state index is 13.0. The topological polar surface area (TPSA) is 64.9 Å². The molecule has 0 aromatic heterocycles. The van der Waals surface area contributed by atoms with Crippen molar-refractivity contribution in [2.75, 3.05) is 6.54 Å². The summed E-state index contributed by atoms with van der Waals surface area (Å²) in [5.74, 6) is 0.00296. The summed E-state index contributed by atoms with van der Waals surface area (Å²) in [6.07, 6.45) is 0.644. The van der Waals surface area contributed by atoms with Crippen LogP contribution in [0.5, 0.6) is 0 Å². The van der Waals surface area contributed by atoms with E-state index in [9.17, 15) is 10.0 Å². The van der Waals surface area contributed by atoms with Gasteiger partial charge in [-0.2, -0.15) is 0 Å². The molecule has 2 aromatic carbocycles. The van der Waals surface area contributed by atoms with Crippen molar-refractivity contribution in [2.45, 2.75) is 52.2 Å². The Bertz CT molecular complexity index is 866. The number of nitrogens with zero attached hydrogens (tertiary/aromatic N) is 2. The van der Waals surface area contributed by atoms with Crippen molar-refractivity contribution in [3.63, 3.8) is 0 Å². The lowest BCUT2D eigenvalue weighted by Crippen LogP contribution is -2.55. The number of fused-ring (bicyclic) bond motifs is 1. The van der Waals surface area contributed by atoms with Gasteiger partial charge in [-0.15, -0.1) is 0 Å². The zero-order valence-corrected chi connectivity index (χ0v) is 17.1. The number of oxime groups is 1. The van der Waals surface area contributed by atoms with Crippen LogP contribution in [0.15, 0.2) is 53.7 Å². The molecule has 0 bridgehead atoms. The van der Waals surface area contributed by atoms with Gasteiger partial charge in [-0.3, -0.25) is 9.69 Å². The van der Waals surface area contributed by atoms with Gasteiger partial charge in [0.25, 0.3) is 0 Å². The number of carbonyl (C=O) groups excluding carboxylic acids is 1. The van der Waals surface area contributed by atoms with Crippen molar-refractivity contribution in [1.29, 1.82) is 0 Å². The van der Waals surface area contributed by atoms with E-state index in [1.54, 1.807) is 0 Å². The molecule has 0 unspecified atom stereocenters. The van der Waals surface area contributed by atoms with Crippen LogP contribution in [0, 0.1) is 6.92 Å². The second-order valence-electron chi connectivity index (χ2n) is 8.55. The summed E-state index contributed by atoms with van der Waals surface area (Å²) >= 11 is 0. The number of rotatable bonds is 4. The Morgan fingerprint density at radius 3 is 2.39 bits per heavy atom. The van der Waals surface area contributed by atoms with Crippen molar-refractivity contribution in [2.24, 2.45) is 5.16 Å². The summed E-state index contributed by atoms with van der Waals surface area (Å²) in [5, 5.41) is 16.3. The van der Waals surface area contributed by atoms with Crippen LogP contribution in [-0.2, 0) is 17.8 Å². The molecule has 1 aliphatic rings. The van der Waals surface area contributed by atoms with Crippen LogP contribution < -0.4 is 5.32 Å². The van der Waals surface area contributed by atoms with E-state index in [0.717, 1.165) is 11.1 Å². The molecule has 0 radical (unpaired) electrons. The van der Waals surface area contributed by atoms with Crippen LogP contribution in [0.25, 0.3) is 0 Å². The van der Waals surface area contributed by atoms with E-state index in [-0.39, 0.29) is 17.5 Å². The number of nitrogens with one attached hydrogen (secondary N) is 1. The molecule has 3 rings (SSSR count). The van der Waals surface area contributed by atoms with Gasteiger partial charge in [-0.05, 0) is 45.2 Å². The van der Waals surface area contributed by atoms with Crippen LogP contribution in [0.2, 0.25) is 0 Å². The fraction of sp³-hybridized carbons (Fsp3) is 0.391. The fourth-order valence-electron chi connectivity index (χ4n) is 3.57. The molecule has 148 valence electrons. The van der Waals surface area contributed by atoms with Gasteiger partial charge in [0.15, 0.2) is 0 Å². The minimum atomic E-state index is -0.309. The van der Waals surface area contributed by atoms with Gasteiger partial charge in [0.05, 0.1) is 6.04 Å². The van der Waals surface area contributed by atoms with E-state index in [1.807, 2.05) is 64.1 Å². The van der Waals surface area contributed by atoms with Crippen molar-refractivity contribution >= 4 is 11.6 Å². The number of benzene rings is 2. The highest BCUT2D eigenvalue weighted by Gasteiger charge is 2.33. The van der Waals surface area contributed by atoms with Gasteiger partial charge in [-0.25, -0.2) is 0 Å². The maximum Gasteiger partial charge on any atom is 0.238 e. The van der Waals surface area contributed by atoms with Gasteiger partial charge in [-0.1, -0.05) is 59.3 Å². The van der Waals surface area contributed by atoms with Gasteiger partial charge < -0.3 is 10.5 Å². The first-order valence-electron chi connectivity index (χ1n) is 9.67. The number of carbonyl (C=O) groups is 1. The first-order valence-corrected chi connectivity index (χ1v) is 9.67. The zero-order chi connectivity index (χ0) is 20.3. The molecule has 0 aliphatic carbocycles. The van der Waals surface area contributed by atoms with Crippen LogP contribution in [0.4, 0.5) is 0 Å². The van der Waals surface area contributed by atoms with Crippen LogP contribution in [0.1, 0.15) is 43.0 Å². The summed E-state index contributed by atoms with van der Waals surface area (Å²) < 4.78 is 0.